The van der Waals surface area contributed by atoms with Crippen LogP contribution < -0.4 is 0 Å². The molecule has 3 unspecified atom stereocenters. The smallest absolute Gasteiger partial charge is 0.0961 e. The molecule has 2 aliphatic rings. The van der Waals surface area contributed by atoms with Gasteiger partial charge in [-0.05, 0) is 31.7 Å². The van der Waals surface area contributed by atoms with Gasteiger partial charge >= 0.3 is 0 Å². The summed E-state index contributed by atoms with van der Waals surface area (Å²) >= 11 is 0. The van der Waals surface area contributed by atoms with Gasteiger partial charge in [0, 0.05) is 12.6 Å². The first-order chi connectivity index (χ1) is 8.24. The number of hydrogen-bond acceptors (Lipinski definition) is 3. The molecular formula is C14H27NO2. The Labute approximate surface area is 105 Å². The van der Waals surface area contributed by atoms with E-state index in [1.165, 1.54) is 19.4 Å². The molecule has 100 valence electrons. The van der Waals surface area contributed by atoms with E-state index in [-0.39, 0.29) is 12.2 Å². The van der Waals surface area contributed by atoms with Crippen LogP contribution in [0.25, 0.3) is 0 Å². The minimum Gasteiger partial charge on any atom is -0.390 e. The van der Waals surface area contributed by atoms with Crippen molar-refractivity contribution < 1.29 is 9.84 Å². The van der Waals surface area contributed by atoms with Gasteiger partial charge < -0.3 is 9.84 Å². The number of morpholine rings is 1. The molecule has 2 rings (SSSR count). The van der Waals surface area contributed by atoms with Crippen LogP contribution in [0.2, 0.25) is 0 Å². The minimum absolute atomic E-state index is 0.0462. The standard InChI is InChI=1S/C14H27NO2/c1-3-11(4-2)8-13(16)14-9-15-7-5-6-12(15)10-17-14/h11-14,16H,3-10H2,1-2H3. The predicted octanol–water partition coefficient (Wildman–Crippen LogP) is 2.04. The van der Waals surface area contributed by atoms with Crippen molar-refractivity contribution in [2.24, 2.45) is 5.92 Å². The number of aliphatic hydroxyl groups is 1. The Morgan fingerprint density at radius 2 is 2.12 bits per heavy atom. The SMILES string of the molecule is CCC(CC)CC(O)C1CN2CCCC2CO1. The fourth-order valence-corrected chi connectivity index (χ4v) is 3.19. The highest BCUT2D eigenvalue weighted by molar-refractivity contribution is 4.88. The van der Waals surface area contributed by atoms with Crippen molar-refractivity contribution in [2.45, 2.75) is 64.2 Å². The summed E-state index contributed by atoms with van der Waals surface area (Å²) in [6, 6.07) is 0.631. The Kier molecular flexibility index (Phi) is 4.83. The summed E-state index contributed by atoms with van der Waals surface area (Å²) in [6.45, 7) is 7.37. The molecule has 2 aliphatic heterocycles. The maximum absolute atomic E-state index is 10.3. The summed E-state index contributed by atoms with van der Waals surface area (Å²) in [4.78, 5) is 2.50. The van der Waals surface area contributed by atoms with Crippen LogP contribution >= 0.6 is 0 Å². The molecule has 2 saturated heterocycles. The Bertz CT molecular complexity index is 230. The van der Waals surface area contributed by atoms with Crippen LogP contribution in [-0.2, 0) is 4.74 Å². The molecule has 0 radical (unpaired) electrons. The van der Waals surface area contributed by atoms with Gasteiger partial charge in [-0.2, -0.15) is 0 Å². The molecule has 0 aromatic rings. The summed E-state index contributed by atoms with van der Waals surface area (Å²) < 4.78 is 5.85. The fourth-order valence-electron chi connectivity index (χ4n) is 3.19. The first-order valence-corrected chi connectivity index (χ1v) is 7.28. The molecule has 0 amide bonds. The van der Waals surface area contributed by atoms with E-state index in [9.17, 15) is 5.11 Å². The molecular weight excluding hydrogens is 214 g/mol. The van der Waals surface area contributed by atoms with E-state index in [2.05, 4.69) is 18.7 Å². The number of fused-ring (bicyclic) bond motifs is 1. The zero-order valence-corrected chi connectivity index (χ0v) is 11.3. The number of hydrogen-bond donors (Lipinski definition) is 1. The average Bonchev–Trinajstić information content (AvgIpc) is 2.82. The van der Waals surface area contributed by atoms with Gasteiger partial charge in [0.2, 0.25) is 0 Å². The van der Waals surface area contributed by atoms with Crippen molar-refractivity contribution in [3.63, 3.8) is 0 Å². The lowest BCUT2D eigenvalue weighted by Gasteiger charge is -2.37. The summed E-state index contributed by atoms with van der Waals surface area (Å²) in [5.74, 6) is 0.643. The highest BCUT2D eigenvalue weighted by Gasteiger charge is 2.35. The van der Waals surface area contributed by atoms with Gasteiger partial charge in [0.05, 0.1) is 18.8 Å². The summed E-state index contributed by atoms with van der Waals surface area (Å²) in [5, 5.41) is 10.3. The number of rotatable bonds is 5. The number of ether oxygens (including phenoxy) is 1. The van der Waals surface area contributed by atoms with Crippen LogP contribution in [0.3, 0.4) is 0 Å². The van der Waals surface area contributed by atoms with Crippen LogP contribution in [0.4, 0.5) is 0 Å². The molecule has 0 aromatic heterocycles. The van der Waals surface area contributed by atoms with Crippen molar-refractivity contribution >= 4 is 0 Å². The van der Waals surface area contributed by atoms with E-state index in [0.717, 1.165) is 32.4 Å². The Balaban J connectivity index is 1.81. The maximum atomic E-state index is 10.3. The van der Waals surface area contributed by atoms with Crippen molar-refractivity contribution in [1.82, 2.24) is 4.90 Å². The van der Waals surface area contributed by atoms with Crippen LogP contribution in [0.15, 0.2) is 0 Å². The number of nitrogens with zero attached hydrogens (tertiary/aromatic N) is 1. The zero-order chi connectivity index (χ0) is 12.3. The molecule has 2 heterocycles. The van der Waals surface area contributed by atoms with E-state index in [4.69, 9.17) is 4.74 Å². The van der Waals surface area contributed by atoms with Gasteiger partial charge in [-0.25, -0.2) is 0 Å². The second kappa shape index (κ2) is 6.17. The molecule has 3 atom stereocenters. The molecule has 2 fully saturated rings. The van der Waals surface area contributed by atoms with E-state index in [1.807, 2.05) is 0 Å². The molecule has 17 heavy (non-hydrogen) atoms. The van der Waals surface area contributed by atoms with Crippen LogP contribution in [-0.4, -0.2) is 48.0 Å². The lowest BCUT2D eigenvalue weighted by molar-refractivity contribution is -0.107. The third-order valence-corrected chi connectivity index (χ3v) is 4.57. The molecule has 0 aromatic carbocycles. The molecule has 0 aliphatic carbocycles. The predicted molar refractivity (Wildman–Crippen MR) is 69.0 cm³/mol. The highest BCUT2D eigenvalue weighted by Crippen LogP contribution is 2.26. The van der Waals surface area contributed by atoms with E-state index in [1.54, 1.807) is 0 Å². The third kappa shape index (κ3) is 3.21. The second-order valence-electron chi connectivity index (χ2n) is 5.65. The van der Waals surface area contributed by atoms with Crippen LogP contribution in [0.1, 0.15) is 46.0 Å². The largest absolute Gasteiger partial charge is 0.390 e. The molecule has 3 nitrogen and oxygen atoms in total. The third-order valence-electron chi connectivity index (χ3n) is 4.57. The van der Waals surface area contributed by atoms with Gasteiger partial charge in [-0.1, -0.05) is 26.7 Å². The molecule has 0 spiro atoms. The van der Waals surface area contributed by atoms with Gasteiger partial charge in [0.1, 0.15) is 0 Å². The Morgan fingerprint density at radius 1 is 1.35 bits per heavy atom. The van der Waals surface area contributed by atoms with E-state index >= 15 is 0 Å². The van der Waals surface area contributed by atoms with Crippen molar-refractivity contribution in [1.29, 1.82) is 0 Å². The van der Waals surface area contributed by atoms with Gasteiger partial charge in [-0.3, -0.25) is 4.90 Å². The monoisotopic (exact) mass is 241 g/mol. The highest BCUT2D eigenvalue weighted by atomic mass is 16.5. The lowest BCUT2D eigenvalue weighted by Crippen LogP contribution is -2.50. The van der Waals surface area contributed by atoms with Crippen molar-refractivity contribution in [2.75, 3.05) is 19.7 Å². The van der Waals surface area contributed by atoms with Crippen LogP contribution in [0.5, 0.6) is 0 Å². The normalized spacial score (nSPS) is 31.8. The van der Waals surface area contributed by atoms with Gasteiger partial charge in [0.15, 0.2) is 0 Å². The fraction of sp³-hybridized carbons (Fsp3) is 1.00. The maximum Gasteiger partial charge on any atom is 0.0961 e. The molecule has 0 bridgehead atoms. The van der Waals surface area contributed by atoms with Gasteiger partial charge in [-0.15, -0.1) is 0 Å². The van der Waals surface area contributed by atoms with Crippen molar-refractivity contribution in [3.8, 4) is 0 Å². The second-order valence-corrected chi connectivity index (χ2v) is 5.65. The van der Waals surface area contributed by atoms with Gasteiger partial charge in [0.25, 0.3) is 0 Å². The molecule has 0 saturated carbocycles. The lowest BCUT2D eigenvalue weighted by atomic mass is 9.93. The summed E-state index contributed by atoms with van der Waals surface area (Å²) in [7, 11) is 0. The van der Waals surface area contributed by atoms with E-state index in [0.29, 0.717) is 12.0 Å². The van der Waals surface area contributed by atoms with Crippen molar-refractivity contribution in [3.05, 3.63) is 0 Å². The number of aliphatic hydroxyl groups excluding tert-OH is 1. The first-order valence-electron chi connectivity index (χ1n) is 7.28. The average molecular weight is 241 g/mol. The zero-order valence-electron chi connectivity index (χ0n) is 11.3. The van der Waals surface area contributed by atoms with Crippen LogP contribution in [0, 0.1) is 5.92 Å². The Morgan fingerprint density at radius 3 is 2.82 bits per heavy atom. The topological polar surface area (TPSA) is 32.7 Å². The molecule has 3 heteroatoms. The first kappa shape index (κ1) is 13.3. The summed E-state index contributed by atoms with van der Waals surface area (Å²) in [6.07, 6.45) is 5.56. The quantitative estimate of drug-likeness (QED) is 0.799. The molecule has 1 N–H and O–H groups in total. The summed E-state index contributed by atoms with van der Waals surface area (Å²) in [5.41, 5.74) is 0. The Hall–Kier alpha value is -0.120. The van der Waals surface area contributed by atoms with E-state index < -0.39 is 0 Å². The minimum atomic E-state index is -0.276.